The van der Waals surface area contributed by atoms with Gasteiger partial charge >= 0.3 is 0 Å². The fourth-order valence-electron chi connectivity index (χ4n) is 3.36. The maximum atomic E-state index is 12.3. The lowest BCUT2D eigenvalue weighted by atomic mass is 10.0. The van der Waals surface area contributed by atoms with E-state index in [4.69, 9.17) is 4.74 Å². The van der Waals surface area contributed by atoms with Crippen molar-refractivity contribution in [2.45, 2.75) is 31.8 Å². The summed E-state index contributed by atoms with van der Waals surface area (Å²) in [7, 11) is 0. The van der Waals surface area contributed by atoms with Crippen LogP contribution in [-0.2, 0) is 14.3 Å². The normalized spacial score (nSPS) is 22.9. The van der Waals surface area contributed by atoms with Crippen molar-refractivity contribution < 1.29 is 14.3 Å². The summed E-state index contributed by atoms with van der Waals surface area (Å²) in [5, 5.41) is 5.75. The molecule has 1 aromatic rings. The van der Waals surface area contributed by atoms with Crippen molar-refractivity contribution in [3.8, 4) is 0 Å². The van der Waals surface area contributed by atoms with Crippen molar-refractivity contribution >= 4 is 11.8 Å². The number of benzene rings is 1. The summed E-state index contributed by atoms with van der Waals surface area (Å²) in [6, 6.07) is 8.14. The number of morpholine rings is 1. The highest BCUT2D eigenvalue weighted by Crippen LogP contribution is 2.22. The van der Waals surface area contributed by atoms with Gasteiger partial charge in [-0.3, -0.25) is 14.5 Å². The van der Waals surface area contributed by atoms with Gasteiger partial charge < -0.3 is 15.4 Å². The van der Waals surface area contributed by atoms with Gasteiger partial charge in [-0.1, -0.05) is 29.8 Å². The molecule has 0 radical (unpaired) electrons. The maximum Gasteiger partial charge on any atom is 0.242 e. The van der Waals surface area contributed by atoms with Gasteiger partial charge in [-0.15, -0.1) is 0 Å². The Labute approximate surface area is 142 Å². The zero-order valence-corrected chi connectivity index (χ0v) is 14.1. The van der Waals surface area contributed by atoms with Gasteiger partial charge in [0.25, 0.3) is 0 Å². The molecule has 2 heterocycles. The summed E-state index contributed by atoms with van der Waals surface area (Å²) in [5.41, 5.74) is 2.41. The van der Waals surface area contributed by atoms with Crippen molar-refractivity contribution in [1.82, 2.24) is 15.5 Å². The lowest BCUT2D eigenvalue weighted by Gasteiger charge is -2.35. The number of carbonyl (C=O) groups is 2. The zero-order chi connectivity index (χ0) is 16.9. The van der Waals surface area contributed by atoms with Gasteiger partial charge in [0.15, 0.2) is 0 Å². The molecule has 1 aromatic carbocycles. The fourth-order valence-corrected chi connectivity index (χ4v) is 3.36. The van der Waals surface area contributed by atoms with Crippen molar-refractivity contribution in [3.05, 3.63) is 35.4 Å². The van der Waals surface area contributed by atoms with Crippen molar-refractivity contribution in [2.75, 3.05) is 32.8 Å². The van der Waals surface area contributed by atoms with Crippen molar-refractivity contribution in [2.24, 2.45) is 0 Å². The average molecular weight is 331 g/mol. The van der Waals surface area contributed by atoms with Crippen LogP contribution in [0.1, 0.15) is 30.0 Å². The summed E-state index contributed by atoms with van der Waals surface area (Å²) in [5.74, 6) is -0.134. The van der Waals surface area contributed by atoms with E-state index >= 15 is 0 Å². The second kappa shape index (κ2) is 7.77. The monoisotopic (exact) mass is 331 g/mol. The molecule has 2 amide bonds. The van der Waals surface area contributed by atoms with E-state index in [9.17, 15) is 9.59 Å². The van der Waals surface area contributed by atoms with Crippen LogP contribution in [-0.4, -0.2) is 55.6 Å². The van der Waals surface area contributed by atoms with Gasteiger partial charge in [0.05, 0.1) is 19.3 Å². The third-order valence-corrected chi connectivity index (χ3v) is 4.69. The number of ether oxygens (including phenoxy) is 1. The molecule has 2 N–H and O–H groups in total. The van der Waals surface area contributed by atoms with Crippen LogP contribution >= 0.6 is 0 Å². The van der Waals surface area contributed by atoms with E-state index < -0.39 is 0 Å². The van der Waals surface area contributed by atoms with Crippen LogP contribution in [0.2, 0.25) is 0 Å². The molecule has 3 rings (SSSR count). The quantitative estimate of drug-likeness (QED) is 0.836. The number of hydrogen-bond acceptors (Lipinski definition) is 4. The molecule has 24 heavy (non-hydrogen) atoms. The van der Waals surface area contributed by atoms with Gasteiger partial charge in [-0.2, -0.15) is 0 Å². The molecule has 2 atom stereocenters. The molecule has 0 aliphatic carbocycles. The van der Waals surface area contributed by atoms with Crippen molar-refractivity contribution in [3.63, 3.8) is 0 Å². The number of nitrogens with zero attached hydrogens (tertiary/aromatic N) is 1. The Kier molecular flexibility index (Phi) is 5.48. The predicted molar refractivity (Wildman–Crippen MR) is 90.5 cm³/mol. The molecule has 2 saturated heterocycles. The molecule has 0 saturated carbocycles. The van der Waals surface area contributed by atoms with Gasteiger partial charge in [-0.25, -0.2) is 0 Å². The standard InChI is InChI=1S/C18H25N3O3/c1-13-3-2-4-14(11-13)16(21-7-9-24-10-8-21)12-19-18(23)15-5-6-17(22)20-15/h2-4,11,15-16H,5-10,12H2,1H3,(H,19,23)(H,20,22)/t15-,16-/m0/s1. The Hall–Kier alpha value is -1.92. The summed E-state index contributed by atoms with van der Waals surface area (Å²) < 4.78 is 5.45. The van der Waals surface area contributed by atoms with Gasteiger partial charge in [-0.05, 0) is 18.9 Å². The van der Waals surface area contributed by atoms with E-state index in [0.29, 0.717) is 19.4 Å². The highest BCUT2D eigenvalue weighted by Gasteiger charge is 2.29. The van der Waals surface area contributed by atoms with Crippen LogP contribution in [0.4, 0.5) is 0 Å². The first-order chi connectivity index (χ1) is 11.6. The van der Waals surface area contributed by atoms with Crippen LogP contribution in [0.5, 0.6) is 0 Å². The first-order valence-electron chi connectivity index (χ1n) is 8.59. The van der Waals surface area contributed by atoms with E-state index in [0.717, 1.165) is 26.3 Å². The van der Waals surface area contributed by atoms with E-state index in [1.807, 2.05) is 0 Å². The third-order valence-electron chi connectivity index (χ3n) is 4.69. The van der Waals surface area contributed by atoms with Crippen molar-refractivity contribution in [1.29, 1.82) is 0 Å². The Bertz CT molecular complexity index is 599. The average Bonchev–Trinajstić information content (AvgIpc) is 3.02. The molecule has 2 aliphatic heterocycles. The van der Waals surface area contributed by atoms with E-state index in [2.05, 4.69) is 46.7 Å². The summed E-state index contributed by atoms with van der Waals surface area (Å²) in [6.07, 6.45) is 1.01. The smallest absolute Gasteiger partial charge is 0.242 e. The lowest BCUT2D eigenvalue weighted by molar-refractivity contribution is -0.126. The molecule has 0 bridgehead atoms. The second-order valence-corrected chi connectivity index (χ2v) is 6.48. The van der Waals surface area contributed by atoms with Crippen LogP contribution in [0.3, 0.4) is 0 Å². The molecule has 6 nitrogen and oxygen atoms in total. The second-order valence-electron chi connectivity index (χ2n) is 6.48. The summed E-state index contributed by atoms with van der Waals surface area (Å²) in [4.78, 5) is 25.9. The van der Waals surface area contributed by atoms with E-state index in [-0.39, 0.29) is 23.9 Å². The Balaban J connectivity index is 1.67. The molecule has 0 aromatic heterocycles. The molecule has 6 heteroatoms. The molecule has 0 spiro atoms. The molecule has 130 valence electrons. The number of rotatable bonds is 5. The van der Waals surface area contributed by atoms with E-state index in [1.165, 1.54) is 11.1 Å². The van der Waals surface area contributed by atoms with Crippen LogP contribution in [0.25, 0.3) is 0 Å². The first-order valence-corrected chi connectivity index (χ1v) is 8.59. The van der Waals surface area contributed by atoms with Gasteiger partial charge in [0, 0.05) is 26.1 Å². The zero-order valence-electron chi connectivity index (χ0n) is 14.1. The van der Waals surface area contributed by atoms with Crippen LogP contribution in [0, 0.1) is 6.92 Å². The minimum Gasteiger partial charge on any atom is -0.379 e. The Morgan fingerprint density at radius 1 is 1.42 bits per heavy atom. The number of nitrogens with one attached hydrogen (secondary N) is 2. The third kappa shape index (κ3) is 4.13. The fraction of sp³-hybridized carbons (Fsp3) is 0.556. The minimum atomic E-state index is -0.389. The Morgan fingerprint density at radius 2 is 2.21 bits per heavy atom. The first kappa shape index (κ1) is 16.9. The highest BCUT2D eigenvalue weighted by atomic mass is 16.5. The topological polar surface area (TPSA) is 70.7 Å². The molecular formula is C18H25N3O3. The largest absolute Gasteiger partial charge is 0.379 e. The maximum absolute atomic E-state index is 12.3. The number of amides is 2. The number of carbonyl (C=O) groups excluding carboxylic acids is 2. The summed E-state index contributed by atoms with van der Waals surface area (Å²) in [6.45, 7) is 5.76. The van der Waals surface area contributed by atoms with Gasteiger partial charge in [0.2, 0.25) is 11.8 Å². The molecular weight excluding hydrogens is 306 g/mol. The lowest BCUT2D eigenvalue weighted by Crippen LogP contribution is -2.47. The van der Waals surface area contributed by atoms with Gasteiger partial charge in [0.1, 0.15) is 6.04 Å². The Morgan fingerprint density at radius 3 is 2.88 bits per heavy atom. The van der Waals surface area contributed by atoms with Crippen LogP contribution in [0.15, 0.2) is 24.3 Å². The molecule has 0 unspecified atom stereocenters. The summed E-state index contributed by atoms with van der Waals surface area (Å²) >= 11 is 0. The number of hydrogen-bond donors (Lipinski definition) is 2. The molecule has 2 fully saturated rings. The SMILES string of the molecule is Cc1cccc([C@H](CNC(=O)[C@@H]2CCC(=O)N2)N2CCOCC2)c1. The minimum absolute atomic E-state index is 0.0430. The molecule has 2 aliphatic rings. The van der Waals surface area contributed by atoms with E-state index in [1.54, 1.807) is 0 Å². The number of aryl methyl sites for hydroxylation is 1. The van der Waals surface area contributed by atoms with Crippen LogP contribution < -0.4 is 10.6 Å². The highest BCUT2D eigenvalue weighted by molar-refractivity contribution is 5.90. The predicted octanol–water partition coefficient (Wildman–Crippen LogP) is 0.763.